The van der Waals surface area contributed by atoms with Crippen LogP contribution in [-0.4, -0.2) is 26.9 Å². The minimum Gasteiger partial charge on any atom is -0.493 e. The molecule has 136 valence electrons. The van der Waals surface area contributed by atoms with Crippen molar-refractivity contribution in [2.24, 2.45) is 5.73 Å². The second kappa shape index (κ2) is 7.18. The summed E-state index contributed by atoms with van der Waals surface area (Å²) in [5, 5.41) is 2.12. The summed E-state index contributed by atoms with van der Waals surface area (Å²) < 4.78 is 35.8. The summed E-state index contributed by atoms with van der Waals surface area (Å²) in [5.41, 5.74) is 6.19. The number of carbonyl (C=O) groups excluding carboxylic acids is 1. The van der Waals surface area contributed by atoms with E-state index < -0.39 is 27.2 Å². The molecule has 0 atom stereocenters. The number of rotatable bonds is 7. The molecule has 2 amide bonds. The van der Waals surface area contributed by atoms with E-state index in [9.17, 15) is 13.2 Å². The molecule has 0 bridgehead atoms. The number of amides is 2. The number of carbonyl (C=O) groups is 1. The number of furan rings is 1. The van der Waals surface area contributed by atoms with Crippen LogP contribution in [-0.2, 0) is 15.3 Å². The second-order valence-electron chi connectivity index (χ2n) is 6.03. The lowest BCUT2D eigenvalue weighted by atomic mass is 9.79. The molecule has 7 nitrogen and oxygen atoms in total. The van der Waals surface area contributed by atoms with E-state index in [0.717, 1.165) is 11.1 Å². The van der Waals surface area contributed by atoms with Crippen molar-refractivity contribution >= 4 is 15.9 Å². The number of urea groups is 1. The zero-order chi connectivity index (χ0) is 18.7. The van der Waals surface area contributed by atoms with Crippen LogP contribution >= 0.6 is 0 Å². The van der Waals surface area contributed by atoms with Gasteiger partial charge in [-0.15, -0.1) is 0 Å². The van der Waals surface area contributed by atoms with E-state index >= 15 is 0 Å². The maximum Gasteiger partial charge on any atom is 0.313 e. The van der Waals surface area contributed by atoms with Crippen LogP contribution in [0.2, 0.25) is 0 Å². The lowest BCUT2D eigenvalue weighted by Crippen LogP contribution is -2.34. The Bertz CT molecular complexity index is 842. The highest BCUT2D eigenvalue weighted by Gasteiger charge is 2.28. The normalized spacial score (nSPS) is 12.0. The fraction of sp³-hybridized carbons (Fsp3) is 0.353. The average molecular weight is 366 g/mol. The Morgan fingerprint density at radius 1 is 1.28 bits per heavy atom. The molecule has 1 aromatic carbocycles. The van der Waals surface area contributed by atoms with E-state index in [0.29, 0.717) is 6.61 Å². The Labute approximate surface area is 147 Å². The summed E-state index contributed by atoms with van der Waals surface area (Å²) in [6.07, 6.45) is 3.19. The summed E-state index contributed by atoms with van der Waals surface area (Å²) in [5.74, 6) is -0.363. The van der Waals surface area contributed by atoms with Gasteiger partial charge < -0.3 is 20.2 Å². The van der Waals surface area contributed by atoms with Crippen molar-refractivity contribution in [1.82, 2.24) is 5.32 Å². The quantitative estimate of drug-likeness (QED) is 0.781. The topological polar surface area (TPSA) is 112 Å². The van der Waals surface area contributed by atoms with E-state index in [-0.39, 0.29) is 10.6 Å². The van der Waals surface area contributed by atoms with Gasteiger partial charge in [-0.1, -0.05) is 19.9 Å². The lowest BCUT2D eigenvalue weighted by molar-refractivity contribution is 0.250. The van der Waals surface area contributed by atoms with Gasteiger partial charge in [0.1, 0.15) is 16.5 Å². The molecule has 25 heavy (non-hydrogen) atoms. The third kappa shape index (κ3) is 4.14. The van der Waals surface area contributed by atoms with Crippen LogP contribution in [0.5, 0.6) is 5.75 Å². The molecular weight excluding hydrogens is 344 g/mol. The van der Waals surface area contributed by atoms with Crippen LogP contribution in [0.15, 0.2) is 46.1 Å². The van der Waals surface area contributed by atoms with Crippen molar-refractivity contribution in [3.05, 3.63) is 47.9 Å². The summed E-state index contributed by atoms with van der Waals surface area (Å²) >= 11 is 0. The molecule has 1 aromatic heterocycles. The van der Waals surface area contributed by atoms with Crippen molar-refractivity contribution in [2.45, 2.75) is 31.1 Å². The number of nitrogens with two attached hydrogens (primary N) is 1. The Morgan fingerprint density at radius 2 is 2.00 bits per heavy atom. The molecule has 0 unspecified atom stereocenters. The molecular formula is C17H22N2O5S. The van der Waals surface area contributed by atoms with Gasteiger partial charge in [-0.2, -0.15) is 0 Å². The average Bonchev–Trinajstić information content (AvgIpc) is 3.09. The number of nitrogens with one attached hydrogen (secondary N) is 1. The summed E-state index contributed by atoms with van der Waals surface area (Å²) in [6, 6.07) is 5.93. The standard InChI is InChI=1S/C17H22N2O5S/c1-4-24-14-6-5-12(17(2,3)13-7-8-23-10-13)9-15(14)25(21,22)11-19-16(18)20/h5-10H,4,11H2,1-3H3,(H3,18,19,20). The number of hydrogen-bond acceptors (Lipinski definition) is 5. The Hall–Kier alpha value is -2.48. The molecule has 8 heteroatoms. The number of benzene rings is 1. The zero-order valence-corrected chi connectivity index (χ0v) is 15.2. The Morgan fingerprint density at radius 3 is 2.56 bits per heavy atom. The molecule has 1 heterocycles. The van der Waals surface area contributed by atoms with Gasteiger partial charge in [0.25, 0.3) is 0 Å². The largest absolute Gasteiger partial charge is 0.493 e. The molecule has 2 aromatic rings. The van der Waals surface area contributed by atoms with E-state index in [1.165, 1.54) is 0 Å². The smallest absolute Gasteiger partial charge is 0.313 e. The van der Waals surface area contributed by atoms with Crippen LogP contribution in [0.4, 0.5) is 4.79 Å². The maximum absolute atomic E-state index is 12.6. The molecule has 0 aliphatic heterocycles. The van der Waals surface area contributed by atoms with Gasteiger partial charge in [-0.05, 0) is 30.7 Å². The van der Waals surface area contributed by atoms with Gasteiger partial charge in [0.05, 0.1) is 19.1 Å². The minimum atomic E-state index is -3.82. The Kier molecular flexibility index (Phi) is 5.42. The molecule has 0 saturated carbocycles. The highest BCUT2D eigenvalue weighted by atomic mass is 32.2. The fourth-order valence-electron chi connectivity index (χ4n) is 2.45. The van der Waals surface area contributed by atoms with Crippen molar-refractivity contribution < 1.29 is 22.4 Å². The Balaban J connectivity index is 2.52. The lowest BCUT2D eigenvalue weighted by Gasteiger charge is -2.25. The van der Waals surface area contributed by atoms with E-state index in [2.05, 4.69) is 5.32 Å². The molecule has 0 aliphatic rings. The second-order valence-corrected chi connectivity index (χ2v) is 7.99. The van der Waals surface area contributed by atoms with Crippen molar-refractivity contribution in [2.75, 3.05) is 12.5 Å². The number of ether oxygens (including phenoxy) is 1. The molecule has 0 radical (unpaired) electrons. The highest BCUT2D eigenvalue weighted by Crippen LogP contribution is 2.36. The van der Waals surface area contributed by atoms with Gasteiger partial charge in [0.2, 0.25) is 0 Å². The molecule has 2 rings (SSSR count). The SMILES string of the molecule is CCOc1ccc(C(C)(C)c2ccoc2)cc1S(=O)(=O)CNC(N)=O. The summed E-state index contributed by atoms with van der Waals surface area (Å²) in [4.78, 5) is 10.9. The molecule has 0 fully saturated rings. The van der Waals surface area contributed by atoms with Gasteiger partial charge in [0, 0.05) is 11.0 Å². The zero-order valence-electron chi connectivity index (χ0n) is 14.4. The predicted octanol–water partition coefficient (Wildman–Crippen LogP) is 2.40. The first-order chi connectivity index (χ1) is 11.7. The van der Waals surface area contributed by atoms with Crippen LogP contribution in [0, 0.1) is 0 Å². The fourth-order valence-corrected chi connectivity index (χ4v) is 3.67. The third-order valence-corrected chi connectivity index (χ3v) is 5.49. The van der Waals surface area contributed by atoms with Crippen LogP contribution in [0.3, 0.4) is 0 Å². The first kappa shape index (κ1) is 18.9. The molecule has 3 N–H and O–H groups in total. The number of sulfone groups is 1. The van der Waals surface area contributed by atoms with Crippen molar-refractivity contribution in [3.63, 3.8) is 0 Å². The summed E-state index contributed by atoms with van der Waals surface area (Å²) in [7, 11) is -3.82. The van der Waals surface area contributed by atoms with Gasteiger partial charge in [-0.3, -0.25) is 0 Å². The molecule has 0 spiro atoms. The van der Waals surface area contributed by atoms with E-state index in [1.54, 1.807) is 31.6 Å². The maximum atomic E-state index is 12.6. The number of hydrogen-bond donors (Lipinski definition) is 2. The number of primary amides is 1. The molecule has 0 saturated heterocycles. The monoisotopic (exact) mass is 366 g/mol. The first-order valence-electron chi connectivity index (χ1n) is 7.74. The van der Waals surface area contributed by atoms with Crippen molar-refractivity contribution in [1.29, 1.82) is 0 Å². The molecule has 0 aliphatic carbocycles. The predicted molar refractivity (Wildman–Crippen MR) is 93.2 cm³/mol. The van der Waals surface area contributed by atoms with E-state index in [4.69, 9.17) is 14.9 Å². The van der Waals surface area contributed by atoms with E-state index in [1.807, 2.05) is 26.0 Å². The minimum absolute atomic E-state index is 0.0113. The van der Waals surface area contributed by atoms with Crippen LogP contribution in [0.1, 0.15) is 31.9 Å². The third-order valence-electron chi connectivity index (χ3n) is 3.98. The van der Waals surface area contributed by atoms with Gasteiger partial charge in [0.15, 0.2) is 9.84 Å². The highest BCUT2D eigenvalue weighted by molar-refractivity contribution is 7.91. The first-order valence-corrected chi connectivity index (χ1v) is 9.39. The van der Waals surface area contributed by atoms with Crippen LogP contribution < -0.4 is 15.8 Å². The van der Waals surface area contributed by atoms with Gasteiger partial charge >= 0.3 is 6.03 Å². The van der Waals surface area contributed by atoms with Crippen molar-refractivity contribution in [3.8, 4) is 5.75 Å². The van der Waals surface area contributed by atoms with Crippen LogP contribution in [0.25, 0.3) is 0 Å². The van der Waals surface area contributed by atoms with Gasteiger partial charge in [-0.25, -0.2) is 13.2 Å². The summed E-state index contributed by atoms with van der Waals surface area (Å²) in [6.45, 7) is 6.01.